The smallest absolute Gasteiger partial charge is 0.238 e. The van der Waals surface area contributed by atoms with Crippen LogP contribution in [0.5, 0.6) is 0 Å². The van der Waals surface area contributed by atoms with E-state index in [-0.39, 0.29) is 11.9 Å². The molecular weight excluding hydrogens is 256 g/mol. The summed E-state index contributed by atoms with van der Waals surface area (Å²) < 4.78 is 0.862. The average Bonchev–Trinajstić information content (AvgIpc) is 2.60. The Morgan fingerprint density at radius 2 is 2.24 bits per heavy atom. The molecule has 0 saturated carbocycles. The number of thioether (sulfide) groups is 1. The summed E-state index contributed by atoms with van der Waals surface area (Å²) >= 11 is 3.02. The first-order valence-electron chi connectivity index (χ1n) is 5.34. The molecule has 1 rings (SSSR count). The number of amides is 1. The normalized spacial score (nSPS) is 14.9. The lowest BCUT2D eigenvalue weighted by Crippen LogP contribution is -2.57. The van der Waals surface area contributed by atoms with Crippen molar-refractivity contribution in [2.45, 2.75) is 43.6 Å². The molecule has 0 fully saturated rings. The maximum Gasteiger partial charge on any atom is 0.238 e. The fraction of sp³-hybridized carbons (Fsp3) is 0.700. The van der Waals surface area contributed by atoms with Crippen LogP contribution < -0.4 is 11.1 Å². The minimum absolute atomic E-state index is 0.198. The maximum atomic E-state index is 11.5. The van der Waals surface area contributed by atoms with Crippen molar-refractivity contribution in [1.29, 1.82) is 0 Å². The first-order valence-corrected chi connectivity index (χ1v) is 7.14. The molecule has 5 nitrogen and oxygen atoms in total. The first-order chi connectivity index (χ1) is 7.83. The Hall–Kier alpha value is -0.660. The van der Waals surface area contributed by atoms with Crippen molar-refractivity contribution in [3.8, 4) is 0 Å². The van der Waals surface area contributed by atoms with Crippen LogP contribution in [0.4, 0.5) is 0 Å². The molecule has 1 aromatic rings. The second-order valence-electron chi connectivity index (χ2n) is 4.37. The van der Waals surface area contributed by atoms with Crippen molar-refractivity contribution < 1.29 is 4.79 Å². The predicted molar refractivity (Wildman–Crippen MR) is 71.2 cm³/mol. The van der Waals surface area contributed by atoms with Crippen molar-refractivity contribution in [2.75, 3.05) is 5.75 Å². The van der Waals surface area contributed by atoms with Crippen molar-refractivity contribution in [1.82, 2.24) is 15.5 Å². The largest absolute Gasteiger partial charge is 0.368 e. The number of hydrogen-bond acceptors (Lipinski definition) is 6. The van der Waals surface area contributed by atoms with E-state index in [4.69, 9.17) is 5.73 Å². The number of carbonyl (C=O) groups is 1. The van der Waals surface area contributed by atoms with Gasteiger partial charge in [-0.05, 0) is 27.7 Å². The second kappa shape index (κ2) is 5.79. The van der Waals surface area contributed by atoms with Gasteiger partial charge in [-0.3, -0.25) is 4.79 Å². The number of hydrogen-bond donors (Lipinski definition) is 2. The molecule has 1 unspecified atom stereocenters. The lowest BCUT2D eigenvalue weighted by atomic mass is 10.0. The van der Waals surface area contributed by atoms with E-state index >= 15 is 0 Å². The molecular formula is C10H18N4OS2. The lowest BCUT2D eigenvalue weighted by molar-refractivity contribution is -0.123. The Balaban J connectivity index is 2.64. The minimum atomic E-state index is -0.724. The predicted octanol–water partition coefficient (Wildman–Crippen LogP) is 1.18. The number of nitrogens with zero attached hydrogens (tertiary/aromatic N) is 2. The highest BCUT2D eigenvalue weighted by Gasteiger charge is 2.31. The van der Waals surface area contributed by atoms with E-state index in [1.807, 2.05) is 27.7 Å². The highest BCUT2D eigenvalue weighted by molar-refractivity contribution is 8.01. The van der Waals surface area contributed by atoms with Gasteiger partial charge in [0.1, 0.15) is 10.5 Å². The SMILES string of the molecule is Cc1nnc(SCC(C)(NC(C)C)C(N)=O)s1. The summed E-state index contributed by atoms with van der Waals surface area (Å²) in [7, 11) is 0. The molecule has 1 amide bonds. The molecule has 0 spiro atoms. The van der Waals surface area contributed by atoms with Crippen molar-refractivity contribution in [3.05, 3.63) is 5.01 Å². The van der Waals surface area contributed by atoms with Crippen LogP contribution in [0.1, 0.15) is 25.8 Å². The van der Waals surface area contributed by atoms with Crippen LogP contribution in [-0.4, -0.2) is 33.4 Å². The number of primary amides is 1. The van der Waals surface area contributed by atoms with Crippen LogP contribution in [0.2, 0.25) is 0 Å². The summed E-state index contributed by atoms with van der Waals surface area (Å²) in [5.74, 6) is 0.203. The van der Waals surface area contributed by atoms with Gasteiger partial charge in [0.05, 0.1) is 0 Å². The second-order valence-corrected chi connectivity index (χ2v) is 6.78. The number of nitrogens with two attached hydrogens (primary N) is 1. The van der Waals surface area contributed by atoms with E-state index in [9.17, 15) is 4.79 Å². The van der Waals surface area contributed by atoms with Gasteiger partial charge in [-0.2, -0.15) is 0 Å². The summed E-state index contributed by atoms with van der Waals surface area (Å²) in [4.78, 5) is 11.5. The topological polar surface area (TPSA) is 80.9 Å². The molecule has 0 aliphatic heterocycles. The quantitative estimate of drug-likeness (QED) is 0.761. The zero-order valence-electron chi connectivity index (χ0n) is 10.5. The van der Waals surface area contributed by atoms with Crippen LogP contribution in [0.3, 0.4) is 0 Å². The molecule has 7 heteroatoms. The molecule has 17 heavy (non-hydrogen) atoms. The van der Waals surface area contributed by atoms with Crippen molar-refractivity contribution in [2.24, 2.45) is 5.73 Å². The van der Waals surface area contributed by atoms with E-state index in [1.54, 1.807) is 0 Å². The van der Waals surface area contributed by atoms with Gasteiger partial charge in [0.2, 0.25) is 5.91 Å². The third-order valence-corrected chi connectivity index (χ3v) is 4.43. The molecule has 0 saturated heterocycles. The summed E-state index contributed by atoms with van der Waals surface area (Å²) in [6, 6.07) is 0.198. The zero-order valence-corrected chi connectivity index (χ0v) is 12.1. The van der Waals surface area contributed by atoms with E-state index in [2.05, 4.69) is 15.5 Å². The summed E-state index contributed by atoms with van der Waals surface area (Å²) in [5, 5.41) is 12.1. The Labute approximate surface area is 110 Å². The van der Waals surface area contributed by atoms with Crippen LogP contribution >= 0.6 is 23.1 Å². The van der Waals surface area contributed by atoms with Gasteiger partial charge in [-0.15, -0.1) is 10.2 Å². The van der Waals surface area contributed by atoms with E-state index in [0.717, 1.165) is 9.35 Å². The highest BCUT2D eigenvalue weighted by Crippen LogP contribution is 2.25. The van der Waals surface area contributed by atoms with Crippen molar-refractivity contribution in [3.63, 3.8) is 0 Å². The standard InChI is InChI=1S/C10H18N4OS2/c1-6(2)12-10(4,8(11)15)5-16-9-14-13-7(3)17-9/h6,12H,5H2,1-4H3,(H2,11,15). The van der Waals surface area contributed by atoms with Crippen LogP contribution in [0.15, 0.2) is 4.34 Å². The number of rotatable bonds is 6. The van der Waals surface area contributed by atoms with E-state index in [1.165, 1.54) is 23.1 Å². The zero-order chi connectivity index (χ0) is 13.1. The van der Waals surface area contributed by atoms with Gasteiger partial charge in [-0.25, -0.2) is 0 Å². The molecule has 0 aliphatic rings. The number of nitrogens with one attached hydrogen (secondary N) is 1. The molecule has 96 valence electrons. The van der Waals surface area contributed by atoms with Gasteiger partial charge in [0.15, 0.2) is 4.34 Å². The van der Waals surface area contributed by atoms with Crippen LogP contribution in [0.25, 0.3) is 0 Å². The third-order valence-electron chi connectivity index (χ3n) is 2.14. The van der Waals surface area contributed by atoms with Gasteiger partial charge < -0.3 is 11.1 Å². The number of aryl methyl sites for hydroxylation is 1. The average molecular weight is 274 g/mol. The fourth-order valence-electron chi connectivity index (χ4n) is 1.36. The summed E-state index contributed by atoms with van der Waals surface area (Å²) in [6.07, 6.45) is 0. The first kappa shape index (κ1) is 14.4. The van der Waals surface area contributed by atoms with Crippen molar-refractivity contribution >= 4 is 29.0 Å². The van der Waals surface area contributed by atoms with Crippen LogP contribution in [0, 0.1) is 6.92 Å². The molecule has 3 N–H and O–H groups in total. The fourth-order valence-corrected chi connectivity index (χ4v) is 3.29. The van der Waals surface area contributed by atoms with Gasteiger partial charge in [-0.1, -0.05) is 23.1 Å². The molecule has 1 aromatic heterocycles. The molecule has 0 bridgehead atoms. The Morgan fingerprint density at radius 3 is 2.65 bits per heavy atom. The molecule has 0 radical (unpaired) electrons. The summed E-state index contributed by atoms with van der Waals surface area (Å²) in [5.41, 5.74) is 4.72. The molecule has 0 aliphatic carbocycles. The molecule has 1 atom stereocenters. The number of carbonyl (C=O) groups excluding carboxylic acids is 1. The Morgan fingerprint density at radius 1 is 1.59 bits per heavy atom. The van der Waals surface area contributed by atoms with Gasteiger partial charge >= 0.3 is 0 Å². The Bertz CT molecular complexity index is 393. The number of aromatic nitrogens is 2. The molecule has 0 aromatic carbocycles. The molecule has 1 heterocycles. The van der Waals surface area contributed by atoms with Crippen LogP contribution in [-0.2, 0) is 4.79 Å². The monoisotopic (exact) mass is 274 g/mol. The lowest BCUT2D eigenvalue weighted by Gasteiger charge is -2.28. The van der Waals surface area contributed by atoms with E-state index in [0.29, 0.717) is 5.75 Å². The van der Waals surface area contributed by atoms with E-state index < -0.39 is 5.54 Å². The third kappa shape index (κ3) is 4.25. The minimum Gasteiger partial charge on any atom is -0.368 e. The summed E-state index contributed by atoms with van der Waals surface area (Å²) in [6.45, 7) is 7.69. The maximum absolute atomic E-state index is 11.5. The highest BCUT2D eigenvalue weighted by atomic mass is 32.2. The van der Waals surface area contributed by atoms with Gasteiger partial charge in [0.25, 0.3) is 0 Å². The Kier molecular flexibility index (Phi) is 4.91. The van der Waals surface area contributed by atoms with Gasteiger partial charge in [0, 0.05) is 11.8 Å².